The van der Waals surface area contributed by atoms with Crippen LogP contribution in [0.3, 0.4) is 0 Å². The standard InChI is InChI=1S/C14H16N2O3/c1-3-9(14(17)18)13-15-8-11(16-13)10-6-4-5-7-12(10)19-2/h4-9H,3H2,1-2H3,(H,15,16)(H,17,18). The topological polar surface area (TPSA) is 75.2 Å². The van der Waals surface area contributed by atoms with Crippen molar-refractivity contribution in [2.24, 2.45) is 0 Å². The van der Waals surface area contributed by atoms with Crippen molar-refractivity contribution < 1.29 is 14.6 Å². The molecule has 0 radical (unpaired) electrons. The normalized spacial score (nSPS) is 12.1. The fourth-order valence-corrected chi connectivity index (χ4v) is 2.00. The summed E-state index contributed by atoms with van der Waals surface area (Å²) < 4.78 is 5.28. The van der Waals surface area contributed by atoms with E-state index in [1.54, 1.807) is 13.3 Å². The average Bonchev–Trinajstić information content (AvgIpc) is 2.88. The van der Waals surface area contributed by atoms with Crippen LogP contribution in [0, 0.1) is 0 Å². The molecule has 0 aliphatic carbocycles. The van der Waals surface area contributed by atoms with Crippen molar-refractivity contribution in [3.05, 3.63) is 36.3 Å². The first-order valence-corrected chi connectivity index (χ1v) is 6.08. The zero-order chi connectivity index (χ0) is 13.8. The van der Waals surface area contributed by atoms with Gasteiger partial charge >= 0.3 is 5.97 Å². The first-order chi connectivity index (χ1) is 9.17. The van der Waals surface area contributed by atoms with Gasteiger partial charge < -0.3 is 14.8 Å². The maximum atomic E-state index is 11.1. The number of imidazole rings is 1. The van der Waals surface area contributed by atoms with Crippen molar-refractivity contribution in [1.29, 1.82) is 0 Å². The van der Waals surface area contributed by atoms with Gasteiger partial charge in [-0.25, -0.2) is 4.98 Å². The molecule has 1 atom stereocenters. The van der Waals surface area contributed by atoms with Crippen LogP contribution in [0.15, 0.2) is 30.5 Å². The van der Waals surface area contributed by atoms with E-state index in [-0.39, 0.29) is 0 Å². The smallest absolute Gasteiger partial charge is 0.314 e. The van der Waals surface area contributed by atoms with Crippen LogP contribution in [0.1, 0.15) is 25.1 Å². The van der Waals surface area contributed by atoms with E-state index in [4.69, 9.17) is 9.84 Å². The Balaban J connectivity index is 2.38. The molecule has 0 saturated carbocycles. The Bertz CT molecular complexity index is 578. The SMILES string of the molecule is CCC(C(=O)O)c1ncc(-c2ccccc2OC)[nH]1. The number of nitrogens with one attached hydrogen (secondary N) is 1. The number of aromatic nitrogens is 2. The second kappa shape index (κ2) is 5.56. The highest BCUT2D eigenvalue weighted by Crippen LogP contribution is 2.29. The number of carbonyl (C=O) groups is 1. The minimum atomic E-state index is -0.872. The van der Waals surface area contributed by atoms with Crippen LogP contribution >= 0.6 is 0 Å². The van der Waals surface area contributed by atoms with Crippen LogP contribution in [-0.4, -0.2) is 28.2 Å². The third-order valence-electron chi connectivity index (χ3n) is 3.03. The zero-order valence-electron chi connectivity index (χ0n) is 10.9. The summed E-state index contributed by atoms with van der Waals surface area (Å²) in [5.41, 5.74) is 1.62. The number of ether oxygens (including phenoxy) is 1. The molecule has 1 aromatic carbocycles. The Morgan fingerprint density at radius 1 is 1.47 bits per heavy atom. The number of aromatic amines is 1. The van der Waals surface area contributed by atoms with Crippen molar-refractivity contribution in [2.75, 3.05) is 7.11 Å². The van der Waals surface area contributed by atoms with Gasteiger partial charge in [0, 0.05) is 5.56 Å². The Morgan fingerprint density at radius 3 is 2.84 bits per heavy atom. The van der Waals surface area contributed by atoms with E-state index in [1.807, 2.05) is 31.2 Å². The molecule has 100 valence electrons. The van der Waals surface area contributed by atoms with Gasteiger partial charge in [-0.2, -0.15) is 0 Å². The molecule has 1 unspecified atom stereocenters. The molecule has 1 heterocycles. The number of carboxylic acid groups (broad SMARTS) is 1. The summed E-state index contributed by atoms with van der Waals surface area (Å²) in [4.78, 5) is 18.3. The highest BCUT2D eigenvalue weighted by Gasteiger charge is 2.21. The van der Waals surface area contributed by atoms with Gasteiger partial charge in [-0.05, 0) is 18.6 Å². The van der Waals surface area contributed by atoms with Crippen molar-refractivity contribution >= 4 is 5.97 Å². The van der Waals surface area contributed by atoms with Gasteiger partial charge in [0.15, 0.2) is 0 Å². The zero-order valence-corrected chi connectivity index (χ0v) is 10.9. The van der Waals surface area contributed by atoms with Crippen LogP contribution in [0.2, 0.25) is 0 Å². The Hall–Kier alpha value is -2.30. The van der Waals surface area contributed by atoms with Gasteiger partial charge in [-0.15, -0.1) is 0 Å². The number of para-hydroxylation sites is 1. The third-order valence-corrected chi connectivity index (χ3v) is 3.03. The Kier molecular flexibility index (Phi) is 3.85. The molecule has 0 aliphatic heterocycles. The summed E-state index contributed by atoms with van der Waals surface area (Å²) in [7, 11) is 1.60. The van der Waals surface area contributed by atoms with Gasteiger partial charge in [0.1, 0.15) is 17.5 Å². The number of hydrogen-bond donors (Lipinski definition) is 2. The van der Waals surface area contributed by atoms with Gasteiger partial charge in [0.2, 0.25) is 0 Å². The van der Waals surface area contributed by atoms with E-state index in [0.29, 0.717) is 12.2 Å². The summed E-state index contributed by atoms with van der Waals surface area (Å²) in [6.45, 7) is 1.82. The molecule has 2 rings (SSSR count). The lowest BCUT2D eigenvalue weighted by atomic mass is 10.1. The first kappa shape index (κ1) is 13.1. The monoisotopic (exact) mass is 260 g/mol. The lowest BCUT2D eigenvalue weighted by Gasteiger charge is -2.07. The minimum Gasteiger partial charge on any atom is -0.496 e. The molecule has 0 amide bonds. The lowest BCUT2D eigenvalue weighted by Crippen LogP contribution is -2.11. The predicted molar refractivity (Wildman–Crippen MR) is 71.2 cm³/mol. The molecule has 5 heteroatoms. The minimum absolute atomic E-state index is 0.468. The quantitative estimate of drug-likeness (QED) is 0.866. The number of methoxy groups -OCH3 is 1. The molecule has 1 aromatic heterocycles. The number of carboxylic acids is 1. The van der Waals surface area contributed by atoms with Crippen LogP contribution in [0.4, 0.5) is 0 Å². The number of aliphatic carboxylic acids is 1. The molecular formula is C14H16N2O3. The summed E-state index contributed by atoms with van der Waals surface area (Å²) in [6, 6.07) is 7.53. The molecule has 0 saturated heterocycles. The number of H-pyrrole nitrogens is 1. The average molecular weight is 260 g/mol. The fourth-order valence-electron chi connectivity index (χ4n) is 2.00. The van der Waals surface area contributed by atoms with Gasteiger partial charge in [-0.1, -0.05) is 19.1 Å². The molecule has 0 spiro atoms. The molecule has 5 nitrogen and oxygen atoms in total. The summed E-state index contributed by atoms with van der Waals surface area (Å²) >= 11 is 0. The van der Waals surface area contributed by atoms with E-state index >= 15 is 0 Å². The number of hydrogen-bond acceptors (Lipinski definition) is 3. The Labute approximate surface area is 111 Å². The van der Waals surface area contributed by atoms with Crippen LogP contribution in [0.25, 0.3) is 11.3 Å². The Morgan fingerprint density at radius 2 is 2.21 bits per heavy atom. The van der Waals surface area contributed by atoms with Crippen molar-refractivity contribution in [2.45, 2.75) is 19.3 Å². The molecular weight excluding hydrogens is 244 g/mol. The molecule has 0 aliphatic rings. The largest absolute Gasteiger partial charge is 0.496 e. The highest BCUT2D eigenvalue weighted by atomic mass is 16.5. The molecule has 0 fully saturated rings. The van der Waals surface area contributed by atoms with Gasteiger partial charge in [-0.3, -0.25) is 4.79 Å². The maximum Gasteiger partial charge on any atom is 0.314 e. The second-order valence-electron chi connectivity index (χ2n) is 4.18. The van der Waals surface area contributed by atoms with Crippen LogP contribution < -0.4 is 4.74 Å². The van der Waals surface area contributed by atoms with E-state index < -0.39 is 11.9 Å². The molecule has 2 N–H and O–H groups in total. The molecule has 0 bridgehead atoms. The van der Waals surface area contributed by atoms with Crippen LogP contribution in [-0.2, 0) is 4.79 Å². The van der Waals surface area contributed by atoms with E-state index in [9.17, 15) is 4.79 Å². The number of nitrogens with zero attached hydrogens (tertiary/aromatic N) is 1. The first-order valence-electron chi connectivity index (χ1n) is 6.08. The number of rotatable bonds is 5. The third kappa shape index (κ3) is 2.59. The van der Waals surface area contributed by atoms with Gasteiger partial charge in [0.05, 0.1) is 19.0 Å². The molecule has 2 aromatic rings. The summed E-state index contributed by atoms with van der Waals surface area (Å²) in [6.07, 6.45) is 2.13. The van der Waals surface area contributed by atoms with E-state index in [1.165, 1.54) is 0 Å². The predicted octanol–water partition coefficient (Wildman–Crippen LogP) is 2.66. The van der Waals surface area contributed by atoms with E-state index in [0.717, 1.165) is 17.0 Å². The van der Waals surface area contributed by atoms with Crippen molar-refractivity contribution in [3.8, 4) is 17.0 Å². The van der Waals surface area contributed by atoms with Crippen molar-refractivity contribution in [1.82, 2.24) is 9.97 Å². The molecule has 19 heavy (non-hydrogen) atoms. The lowest BCUT2D eigenvalue weighted by molar-refractivity contribution is -0.139. The van der Waals surface area contributed by atoms with E-state index in [2.05, 4.69) is 9.97 Å². The van der Waals surface area contributed by atoms with Gasteiger partial charge in [0.25, 0.3) is 0 Å². The summed E-state index contributed by atoms with van der Waals surface area (Å²) in [5, 5.41) is 9.12. The van der Waals surface area contributed by atoms with Crippen LogP contribution in [0.5, 0.6) is 5.75 Å². The summed E-state index contributed by atoms with van der Waals surface area (Å²) in [5.74, 6) is -0.288. The van der Waals surface area contributed by atoms with Crippen molar-refractivity contribution in [3.63, 3.8) is 0 Å². The fraction of sp³-hybridized carbons (Fsp3) is 0.286. The second-order valence-corrected chi connectivity index (χ2v) is 4.18. The maximum absolute atomic E-state index is 11.1. The highest BCUT2D eigenvalue weighted by molar-refractivity contribution is 5.75. The number of benzene rings is 1.